The van der Waals surface area contributed by atoms with E-state index in [9.17, 15) is 14.0 Å². The zero-order valence-corrected chi connectivity index (χ0v) is 16.6. The minimum Gasteiger partial charge on any atom is -0.447 e. The summed E-state index contributed by atoms with van der Waals surface area (Å²) < 4.78 is 19.3. The number of nitrogens with one attached hydrogen (secondary N) is 2. The Balaban J connectivity index is 1.93. The second-order valence-electron chi connectivity index (χ2n) is 6.99. The van der Waals surface area contributed by atoms with E-state index in [1.165, 1.54) is 6.07 Å². The van der Waals surface area contributed by atoms with Crippen LogP contribution in [0.4, 0.5) is 15.9 Å². The Labute approximate surface area is 167 Å². The van der Waals surface area contributed by atoms with Crippen molar-refractivity contribution in [3.05, 3.63) is 47.7 Å². The second-order valence-corrected chi connectivity index (χ2v) is 6.99. The van der Waals surface area contributed by atoms with Crippen LogP contribution in [0.25, 0.3) is 11.1 Å². The highest BCUT2D eigenvalue weighted by molar-refractivity contribution is 6.13. The maximum atomic E-state index is 13.7. The monoisotopic (exact) mass is 398 g/mol. The molecule has 3 aromatic heterocycles. The molecule has 0 fully saturated rings. The second kappa shape index (κ2) is 8.81. The number of unbranched alkanes of at least 4 members (excludes halogenated alkanes) is 1. The Morgan fingerprint density at radius 2 is 2.00 bits per heavy atom. The van der Waals surface area contributed by atoms with E-state index in [-0.39, 0.29) is 34.4 Å². The van der Waals surface area contributed by atoms with Crippen LogP contribution in [0.1, 0.15) is 49.2 Å². The number of aromatic nitrogens is 2. The lowest BCUT2D eigenvalue weighted by molar-refractivity contribution is -0.119. The van der Waals surface area contributed by atoms with Crippen molar-refractivity contribution in [3.8, 4) is 0 Å². The van der Waals surface area contributed by atoms with Crippen LogP contribution in [0.5, 0.6) is 0 Å². The molecule has 0 bridgehead atoms. The van der Waals surface area contributed by atoms with Gasteiger partial charge in [0.15, 0.2) is 5.58 Å². The number of amides is 2. The van der Waals surface area contributed by atoms with Crippen LogP contribution in [0.15, 0.2) is 34.9 Å². The van der Waals surface area contributed by atoms with Crippen molar-refractivity contribution in [1.82, 2.24) is 9.97 Å². The van der Waals surface area contributed by atoms with Crippen molar-refractivity contribution in [2.45, 2.75) is 40.0 Å². The first-order chi connectivity index (χ1) is 13.9. The molecule has 0 saturated heterocycles. The summed E-state index contributed by atoms with van der Waals surface area (Å²) in [5.41, 5.74) is 1.28. The lowest BCUT2D eigenvalue weighted by Gasteiger charge is -2.11. The summed E-state index contributed by atoms with van der Waals surface area (Å²) in [6.07, 6.45) is 4.19. The van der Waals surface area contributed by atoms with Gasteiger partial charge in [-0.25, -0.2) is 9.97 Å². The summed E-state index contributed by atoms with van der Waals surface area (Å²) >= 11 is 0. The predicted octanol–water partition coefficient (Wildman–Crippen LogP) is 4.69. The molecule has 1 atom stereocenters. The van der Waals surface area contributed by atoms with Crippen LogP contribution in [0.3, 0.4) is 0 Å². The molecule has 0 aliphatic rings. The van der Waals surface area contributed by atoms with E-state index >= 15 is 0 Å². The average molecular weight is 398 g/mol. The number of hydrogen-bond donors (Lipinski definition) is 2. The Morgan fingerprint density at radius 3 is 2.69 bits per heavy atom. The van der Waals surface area contributed by atoms with Gasteiger partial charge in [0.2, 0.25) is 17.6 Å². The Bertz CT molecular complexity index is 1030. The Kier molecular flexibility index (Phi) is 6.21. The van der Waals surface area contributed by atoms with Gasteiger partial charge in [0.25, 0.3) is 5.91 Å². The van der Waals surface area contributed by atoms with Gasteiger partial charge in [-0.05, 0) is 37.1 Å². The molecule has 152 valence electrons. The van der Waals surface area contributed by atoms with Crippen molar-refractivity contribution >= 4 is 34.4 Å². The van der Waals surface area contributed by atoms with E-state index in [1.54, 1.807) is 25.3 Å². The molecule has 2 N–H and O–H groups in total. The number of carbonyl (C=O) groups is 2. The summed E-state index contributed by atoms with van der Waals surface area (Å²) in [6.45, 7) is 5.73. The van der Waals surface area contributed by atoms with Crippen molar-refractivity contribution in [2.75, 3.05) is 10.6 Å². The number of fused-ring (bicyclic) bond motifs is 1. The highest BCUT2D eigenvalue weighted by atomic mass is 19.1. The number of hydrogen-bond acceptors (Lipinski definition) is 5. The number of furan rings is 1. The zero-order chi connectivity index (χ0) is 21.0. The zero-order valence-electron chi connectivity index (χ0n) is 16.6. The molecule has 0 saturated carbocycles. The standard InChI is InChI=1S/C21H23FN4O3/c1-4-5-6-13(3)20(27)26-18-17-14(8-9-15(22)24-17)29-19(18)21(28)25-16-10-7-12(2)11-23-16/h7-11,13H,4-6H2,1-3H3,(H,26,27)(H,23,25,28)/t13-/m0/s1. The van der Waals surface area contributed by atoms with Gasteiger partial charge in [0.1, 0.15) is 17.0 Å². The van der Waals surface area contributed by atoms with Crippen LogP contribution in [0, 0.1) is 18.8 Å². The molecule has 0 aliphatic heterocycles. The minimum absolute atomic E-state index is 0.0532. The fourth-order valence-corrected chi connectivity index (χ4v) is 2.83. The van der Waals surface area contributed by atoms with Crippen molar-refractivity contribution < 1.29 is 18.4 Å². The van der Waals surface area contributed by atoms with Crippen molar-refractivity contribution in [1.29, 1.82) is 0 Å². The number of rotatable bonds is 7. The first-order valence-corrected chi connectivity index (χ1v) is 9.53. The summed E-state index contributed by atoms with van der Waals surface area (Å²) in [7, 11) is 0. The van der Waals surface area contributed by atoms with Crippen molar-refractivity contribution in [3.63, 3.8) is 0 Å². The SMILES string of the molecule is CCCC[C@H](C)C(=O)Nc1c(C(=O)Nc2ccc(C)cn2)oc2ccc(F)nc12. The molecule has 2 amide bonds. The first kappa shape index (κ1) is 20.4. The molecule has 0 unspecified atom stereocenters. The van der Waals surface area contributed by atoms with E-state index in [1.807, 2.05) is 13.8 Å². The van der Waals surface area contributed by atoms with Gasteiger partial charge in [0.05, 0.1) is 0 Å². The summed E-state index contributed by atoms with van der Waals surface area (Å²) in [4.78, 5) is 33.3. The van der Waals surface area contributed by atoms with E-state index in [4.69, 9.17) is 4.42 Å². The summed E-state index contributed by atoms with van der Waals surface area (Å²) in [6, 6.07) is 5.95. The third-order valence-electron chi connectivity index (χ3n) is 4.55. The molecule has 0 aliphatic carbocycles. The van der Waals surface area contributed by atoms with Gasteiger partial charge >= 0.3 is 0 Å². The van der Waals surface area contributed by atoms with Crippen LogP contribution < -0.4 is 10.6 Å². The first-order valence-electron chi connectivity index (χ1n) is 9.53. The average Bonchev–Trinajstić information content (AvgIpc) is 3.05. The molecule has 0 aromatic carbocycles. The molecule has 0 radical (unpaired) electrons. The van der Waals surface area contributed by atoms with Gasteiger partial charge in [0, 0.05) is 12.1 Å². The summed E-state index contributed by atoms with van der Waals surface area (Å²) in [5, 5.41) is 5.32. The highest BCUT2D eigenvalue weighted by Crippen LogP contribution is 2.31. The lowest BCUT2D eigenvalue weighted by atomic mass is 10.0. The van der Waals surface area contributed by atoms with Gasteiger partial charge in [-0.15, -0.1) is 0 Å². The number of nitrogens with zero attached hydrogens (tertiary/aromatic N) is 2. The van der Waals surface area contributed by atoms with Gasteiger partial charge in [-0.3, -0.25) is 9.59 Å². The topological polar surface area (TPSA) is 97.1 Å². The third kappa shape index (κ3) is 4.77. The molecular weight excluding hydrogens is 375 g/mol. The molecule has 8 heteroatoms. The molecule has 0 spiro atoms. The smallest absolute Gasteiger partial charge is 0.294 e. The van der Waals surface area contributed by atoms with Crippen molar-refractivity contribution in [2.24, 2.45) is 5.92 Å². The minimum atomic E-state index is -0.736. The molecular formula is C21H23FN4O3. The number of anilines is 2. The number of aryl methyl sites for hydroxylation is 1. The fourth-order valence-electron chi connectivity index (χ4n) is 2.83. The largest absolute Gasteiger partial charge is 0.447 e. The van der Waals surface area contributed by atoms with E-state index in [0.29, 0.717) is 12.2 Å². The molecule has 3 rings (SSSR count). The quantitative estimate of drug-likeness (QED) is 0.563. The maximum absolute atomic E-state index is 13.7. The van der Waals surface area contributed by atoms with Gasteiger partial charge < -0.3 is 15.1 Å². The maximum Gasteiger partial charge on any atom is 0.294 e. The molecule has 3 heterocycles. The number of halogens is 1. The number of pyridine rings is 2. The highest BCUT2D eigenvalue weighted by Gasteiger charge is 2.25. The van der Waals surface area contributed by atoms with Crippen LogP contribution in [-0.2, 0) is 4.79 Å². The summed E-state index contributed by atoms with van der Waals surface area (Å²) in [5.74, 6) is -1.74. The molecule has 29 heavy (non-hydrogen) atoms. The Morgan fingerprint density at radius 1 is 1.21 bits per heavy atom. The van der Waals surface area contributed by atoms with Gasteiger partial charge in [-0.1, -0.05) is 32.8 Å². The van der Waals surface area contributed by atoms with E-state index < -0.39 is 11.9 Å². The van der Waals surface area contributed by atoms with E-state index in [2.05, 4.69) is 20.6 Å². The van der Waals surface area contributed by atoms with Crippen LogP contribution in [-0.4, -0.2) is 21.8 Å². The lowest BCUT2D eigenvalue weighted by Crippen LogP contribution is -2.22. The Hall–Kier alpha value is -3.29. The fraction of sp³-hybridized carbons (Fsp3) is 0.333. The number of carbonyl (C=O) groups excluding carboxylic acids is 2. The predicted molar refractivity (Wildman–Crippen MR) is 108 cm³/mol. The van der Waals surface area contributed by atoms with Gasteiger partial charge in [-0.2, -0.15) is 4.39 Å². The van der Waals surface area contributed by atoms with Crippen LogP contribution in [0.2, 0.25) is 0 Å². The molecule has 3 aromatic rings. The van der Waals surface area contributed by atoms with E-state index in [0.717, 1.165) is 24.5 Å². The molecule has 7 nitrogen and oxygen atoms in total. The van der Waals surface area contributed by atoms with Crippen LogP contribution >= 0.6 is 0 Å². The normalized spacial score (nSPS) is 12.0. The third-order valence-corrected chi connectivity index (χ3v) is 4.55.